The first-order chi connectivity index (χ1) is 8.40. The Morgan fingerprint density at radius 2 is 2.06 bits per heavy atom. The van der Waals surface area contributed by atoms with Crippen molar-refractivity contribution in [3.63, 3.8) is 0 Å². The predicted molar refractivity (Wildman–Crippen MR) is 73.9 cm³/mol. The van der Waals surface area contributed by atoms with Gasteiger partial charge >= 0.3 is 0 Å². The van der Waals surface area contributed by atoms with Crippen LogP contribution in [0.1, 0.15) is 20.8 Å². The van der Waals surface area contributed by atoms with Gasteiger partial charge in [-0.15, -0.1) is 0 Å². The van der Waals surface area contributed by atoms with E-state index < -0.39 is 0 Å². The lowest BCUT2D eigenvalue weighted by atomic mass is 9.97. The first-order valence-corrected chi connectivity index (χ1v) is 6.08. The molecule has 0 aromatic heterocycles. The predicted octanol–water partition coefficient (Wildman–Crippen LogP) is 2.27. The van der Waals surface area contributed by atoms with Crippen LogP contribution in [0.5, 0.6) is 5.75 Å². The third-order valence-electron chi connectivity index (χ3n) is 2.31. The van der Waals surface area contributed by atoms with Crippen molar-refractivity contribution in [3.8, 4) is 5.75 Å². The average Bonchev–Trinajstić information content (AvgIpc) is 2.33. The summed E-state index contributed by atoms with van der Waals surface area (Å²) < 4.78 is 5.38. The summed E-state index contributed by atoms with van der Waals surface area (Å²) in [6.07, 6.45) is 0. The maximum absolute atomic E-state index is 11.1. The number of nitrogens with one attached hydrogen (secondary N) is 2. The van der Waals surface area contributed by atoms with Gasteiger partial charge < -0.3 is 15.4 Å². The molecule has 18 heavy (non-hydrogen) atoms. The highest BCUT2D eigenvalue weighted by Crippen LogP contribution is 2.20. The number of anilines is 1. The quantitative estimate of drug-likeness (QED) is 0.843. The van der Waals surface area contributed by atoms with E-state index in [1.807, 2.05) is 24.3 Å². The molecule has 4 heteroatoms. The fourth-order valence-electron chi connectivity index (χ4n) is 1.28. The van der Waals surface area contributed by atoms with Crippen LogP contribution in [-0.2, 0) is 4.79 Å². The van der Waals surface area contributed by atoms with Gasteiger partial charge in [-0.1, -0.05) is 26.8 Å². The zero-order chi connectivity index (χ0) is 13.6. The van der Waals surface area contributed by atoms with Gasteiger partial charge in [0.05, 0.1) is 0 Å². The summed E-state index contributed by atoms with van der Waals surface area (Å²) in [6.45, 7) is 7.44. The maximum atomic E-state index is 11.1. The zero-order valence-corrected chi connectivity index (χ0v) is 11.5. The van der Waals surface area contributed by atoms with Gasteiger partial charge in [-0.3, -0.25) is 4.79 Å². The smallest absolute Gasteiger partial charge is 0.257 e. The highest BCUT2D eigenvalue weighted by atomic mass is 16.5. The molecule has 0 aliphatic carbocycles. The lowest BCUT2D eigenvalue weighted by Crippen LogP contribution is -2.24. The van der Waals surface area contributed by atoms with Crippen molar-refractivity contribution in [1.29, 1.82) is 0 Å². The SMILES string of the molecule is CNC(=O)COc1cccc(NCC(C)(C)C)c1. The Labute approximate surface area is 109 Å². The van der Waals surface area contributed by atoms with Gasteiger partial charge in [0.15, 0.2) is 6.61 Å². The van der Waals surface area contributed by atoms with Gasteiger partial charge in [0.1, 0.15) is 5.75 Å². The fourth-order valence-corrected chi connectivity index (χ4v) is 1.28. The van der Waals surface area contributed by atoms with Crippen LogP contribution >= 0.6 is 0 Å². The van der Waals surface area contributed by atoms with E-state index in [4.69, 9.17) is 4.74 Å². The van der Waals surface area contributed by atoms with Crippen LogP contribution in [0.25, 0.3) is 0 Å². The largest absolute Gasteiger partial charge is 0.484 e. The molecular weight excluding hydrogens is 228 g/mol. The van der Waals surface area contributed by atoms with Crippen LogP contribution in [0.3, 0.4) is 0 Å². The van der Waals surface area contributed by atoms with Crippen molar-refractivity contribution in [2.75, 3.05) is 25.5 Å². The number of rotatable bonds is 5. The Hall–Kier alpha value is -1.71. The van der Waals surface area contributed by atoms with Crippen molar-refractivity contribution in [3.05, 3.63) is 24.3 Å². The molecule has 100 valence electrons. The molecule has 0 atom stereocenters. The normalized spacial score (nSPS) is 10.9. The molecule has 4 nitrogen and oxygen atoms in total. The van der Waals surface area contributed by atoms with Gasteiger partial charge in [-0.2, -0.15) is 0 Å². The minimum Gasteiger partial charge on any atom is -0.484 e. The molecule has 1 rings (SSSR count). The Bertz CT molecular complexity index is 397. The molecule has 0 heterocycles. The van der Waals surface area contributed by atoms with E-state index in [1.165, 1.54) is 0 Å². The first kappa shape index (κ1) is 14.4. The Morgan fingerprint density at radius 1 is 1.33 bits per heavy atom. The third-order valence-corrected chi connectivity index (χ3v) is 2.31. The summed E-state index contributed by atoms with van der Waals surface area (Å²) in [5.74, 6) is 0.556. The average molecular weight is 250 g/mol. The summed E-state index contributed by atoms with van der Waals surface area (Å²) in [6, 6.07) is 7.63. The molecule has 0 spiro atoms. The Balaban J connectivity index is 2.54. The van der Waals surface area contributed by atoms with E-state index >= 15 is 0 Å². The van der Waals surface area contributed by atoms with Crippen molar-refractivity contribution >= 4 is 11.6 Å². The number of hydrogen-bond donors (Lipinski definition) is 2. The summed E-state index contributed by atoms with van der Waals surface area (Å²) in [4.78, 5) is 11.1. The zero-order valence-electron chi connectivity index (χ0n) is 11.5. The second-order valence-corrected chi connectivity index (χ2v) is 5.40. The molecule has 1 aromatic rings. The number of carbonyl (C=O) groups is 1. The molecule has 0 bridgehead atoms. The standard InChI is InChI=1S/C14H22N2O2/c1-14(2,3)10-16-11-6-5-7-12(8-11)18-9-13(17)15-4/h5-8,16H,9-10H2,1-4H3,(H,15,17). The van der Waals surface area contributed by atoms with E-state index in [0.29, 0.717) is 5.75 Å². The molecule has 2 N–H and O–H groups in total. The second-order valence-electron chi connectivity index (χ2n) is 5.40. The lowest BCUT2D eigenvalue weighted by Gasteiger charge is -2.19. The highest BCUT2D eigenvalue weighted by molar-refractivity contribution is 5.77. The molecular formula is C14H22N2O2. The summed E-state index contributed by atoms with van der Waals surface area (Å²) >= 11 is 0. The van der Waals surface area contributed by atoms with Gasteiger partial charge in [0.2, 0.25) is 0 Å². The molecule has 0 unspecified atom stereocenters. The minimum atomic E-state index is -0.136. The molecule has 1 aromatic carbocycles. The number of likely N-dealkylation sites (N-methyl/N-ethyl adjacent to an activating group) is 1. The number of hydrogen-bond acceptors (Lipinski definition) is 3. The first-order valence-electron chi connectivity index (χ1n) is 6.08. The molecule has 0 saturated heterocycles. The molecule has 0 saturated carbocycles. The van der Waals surface area contributed by atoms with E-state index in [1.54, 1.807) is 7.05 Å². The monoisotopic (exact) mass is 250 g/mol. The minimum absolute atomic E-state index is 0.0409. The fraction of sp³-hybridized carbons (Fsp3) is 0.500. The lowest BCUT2D eigenvalue weighted by molar-refractivity contribution is -0.122. The molecule has 0 radical (unpaired) electrons. The van der Waals surface area contributed by atoms with E-state index in [2.05, 4.69) is 31.4 Å². The van der Waals surface area contributed by atoms with Crippen LogP contribution in [0, 0.1) is 5.41 Å². The van der Waals surface area contributed by atoms with E-state index in [0.717, 1.165) is 12.2 Å². The second kappa shape index (κ2) is 6.28. The van der Waals surface area contributed by atoms with Crippen LogP contribution in [0.2, 0.25) is 0 Å². The number of amides is 1. The molecule has 0 aliphatic rings. The Kier molecular flexibility index (Phi) is 5.01. The van der Waals surface area contributed by atoms with E-state index in [-0.39, 0.29) is 17.9 Å². The topological polar surface area (TPSA) is 50.4 Å². The van der Waals surface area contributed by atoms with Gasteiger partial charge in [0.25, 0.3) is 5.91 Å². The van der Waals surface area contributed by atoms with Gasteiger partial charge in [0, 0.05) is 25.3 Å². The van der Waals surface area contributed by atoms with Crippen molar-refractivity contribution < 1.29 is 9.53 Å². The van der Waals surface area contributed by atoms with Crippen LogP contribution < -0.4 is 15.4 Å². The third kappa shape index (κ3) is 5.57. The van der Waals surface area contributed by atoms with Crippen LogP contribution in [0.15, 0.2) is 24.3 Å². The molecule has 1 amide bonds. The summed E-state index contributed by atoms with van der Waals surface area (Å²) in [5.41, 5.74) is 1.22. The van der Waals surface area contributed by atoms with Crippen molar-refractivity contribution in [2.24, 2.45) is 5.41 Å². The number of carbonyl (C=O) groups excluding carboxylic acids is 1. The number of benzene rings is 1. The maximum Gasteiger partial charge on any atom is 0.257 e. The van der Waals surface area contributed by atoms with Crippen LogP contribution in [0.4, 0.5) is 5.69 Å². The van der Waals surface area contributed by atoms with Crippen molar-refractivity contribution in [2.45, 2.75) is 20.8 Å². The summed E-state index contributed by atoms with van der Waals surface area (Å²) in [7, 11) is 1.59. The van der Waals surface area contributed by atoms with Crippen LogP contribution in [-0.4, -0.2) is 26.1 Å². The van der Waals surface area contributed by atoms with Gasteiger partial charge in [-0.05, 0) is 17.5 Å². The van der Waals surface area contributed by atoms with E-state index in [9.17, 15) is 4.79 Å². The highest BCUT2D eigenvalue weighted by Gasteiger charge is 2.09. The van der Waals surface area contributed by atoms with Crippen molar-refractivity contribution in [1.82, 2.24) is 5.32 Å². The Morgan fingerprint density at radius 3 is 2.67 bits per heavy atom. The summed E-state index contributed by atoms with van der Waals surface area (Å²) in [5, 5.41) is 5.86. The number of ether oxygens (including phenoxy) is 1. The molecule has 0 fully saturated rings. The molecule has 0 aliphatic heterocycles. The van der Waals surface area contributed by atoms with Gasteiger partial charge in [-0.25, -0.2) is 0 Å².